The molecular weight excluding hydrogens is 393 g/mol. The van der Waals surface area contributed by atoms with E-state index < -0.39 is 0 Å². The van der Waals surface area contributed by atoms with Crippen LogP contribution in [0.3, 0.4) is 0 Å². The van der Waals surface area contributed by atoms with Crippen LogP contribution in [0.25, 0.3) is 0 Å². The number of esters is 1. The highest BCUT2D eigenvalue weighted by atomic mass is 32.1. The maximum Gasteiger partial charge on any atom is 0.311 e. The van der Waals surface area contributed by atoms with E-state index in [0.717, 1.165) is 5.56 Å². The van der Waals surface area contributed by atoms with Gasteiger partial charge in [0.1, 0.15) is 18.2 Å². The molecule has 0 saturated carbocycles. The number of benzene rings is 2. The Bertz CT molecular complexity index is 973. The summed E-state index contributed by atoms with van der Waals surface area (Å²) in [5.74, 6) is 0.0574. The Morgan fingerprint density at radius 1 is 1.24 bits per heavy atom. The summed E-state index contributed by atoms with van der Waals surface area (Å²) in [5, 5.41) is 6.52. The molecule has 0 aliphatic rings. The maximum absolute atomic E-state index is 13.6. The van der Waals surface area contributed by atoms with E-state index in [1.807, 2.05) is 12.1 Å². The van der Waals surface area contributed by atoms with Crippen LogP contribution in [0.4, 0.5) is 9.52 Å². The quantitative estimate of drug-likeness (QED) is 0.320. The zero-order valence-electron chi connectivity index (χ0n) is 15.8. The Hall–Kier alpha value is -3.26. The van der Waals surface area contributed by atoms with E-state index >= 15 is 0 Å². The van der Waals surface area contributed by atoms with E-state index in [9.17, 15) is 9.18 Å². The highest BCUT2D eigenvalue weighted by molar-refractivity contribution is 7.13. The Morgan fingerprint density at radius 3 is 2.79 bits per heavy atom. The molecule has 8 heteroatoms. The van der Waals surface area contributed by atoms with Gasteiger partial charge in [0, 0.05) is 10.9 Å². The summed E-state index contributed by atoms with van der Waals surface area (Å²) in [7, 11) is 0. The number of nitrogens with zero attached hydrogens (tertiary/aromatic N) is 2. The highest BCUT2D eigenvalue weighted by Crippen LogP contribution is 2.17. The molecule has 3 rings (SSSR count). The average Bonchev–Trinajstić information content (AvgIpc) is 3.15. The van der Waals surface area contributed by atoms with Gasteiger partial charge in [-0.05, 0) is 42.8 Å². The van der Waals surface area contributed by atoms with Crippen molar-refractivity contribution in [2.45, 2.75) is 20.0 Å². The van der Waals surface area contributed by atoms with Crippen molar-refractivity contribution in [1.82, 2.24) is 4.98 Å². The van der Waals surface area contributed by atoms with Crippen LogP contribution >= 0.6 is 11.3 Å². The topological polar surface area (TPSA) is 72.8 Å². The molecule has 0 spiro atoms. The molecule has 0 unspecified atom stereocenters. The van der Waals surface area contributed by atoms with Gasteiger partial charge in [-0.15, -0.1) is 11.3 Å². The lowest BCUT2D eigenvalue weighted by Crippen LogP contribution is -2.07. The third-order valence-electron chi connectivity index (χ3n) is 3.79. The second kappa shape index (κ2) is 10.3. The second-order valence-corrected chi connectivity index (χ2v) is 6.80. The zero-order chi connectivity index (χ0) is 20.5. The lowest BCUT2D eigenvalue weighted by atomic mass is 10.2. The van der Waals surface area contributed by atoms with Crippen LogP contribution in [0.2, 0.25) is 0 Å². The summed E-state index contributed by atoms with van der Waals surface area (Å²) >= 11 is 1.36. The van der Waals surface area contributed by atoms with E-state index in [1.165, 1.54) is 17.4 Å². The average molecular weight is 413 g/mol. The summed E-state index contributed by atoms with van der Waals surface area (Å²) in [4.78, 5) is 15.7. The molecule has 3 aromatic rings. The molecule has 0 aliphatic heterocycles. The minimum atomic E-state index is -0.301. The van der Waals surface area contributed by atoms with Gasteiger partial charge in [-0.25, -0.2) is 9.37 Å². The summed E-state index contributed by atoms with van der Waals surface area (Å²) in [5.41, 5.74) is 4.85. The molecule has 150 valence electrons. The fourth-order valence-corrected chi connectivity index (χ4v) is 3.05. The minimum Gasteiger partial charge on any atom is -0.489 e. The molecule has 0 atom stereocenters. The zero-order valence-corrected chi connectivity index (χ0v) is 16.6. The van der Waals surface area contributed by atoms with Gasteiger partial charge in [-0.3, -0.25) is 10.2 Å². The van der Waals surface area contributed by atoms with Crippen LogP contribution in [0, 0.1) is 5.82 Å². The van der Waals surface area contributed by atoms with Crippen molar-refractivity contribution in [3.05, 3.63) is 76.5 Å². The number of carbonyl (C=O) groups is 1. The second-order valence-electron chi connectivity index (χ2n) is 5.94. The Labute approximate surface area is 172 Å². The third kappa shape index (κ3) is 6.39. The number of ether oxygens (including phenoxy) is 2. The number of rotatable bonds is 9. The predicted octanol–water partition coefficient (Wildman–Crippen LogP) is 4.41. The monoisotopic (exact) mass is 413 g/mol. The molecule has 0 aliphatic carbocycles. The molecule has 29 heavy (non-hydrogen) atoms. The van der Waals surface area contributed by atoms with Crippen molar-refractivity contribution in [3.63, 3.8) is 0 Å². The summed E-state index contributed by atoms with van der Waals surface area (Å²) in [6.07, 6.45) is 1.79. The van der Waals surface area contributed by atoms with Crippen LogP contribution < -0.4 is 10.2 Å². The van der Waals surface area contributed by atoms with Gasteiger partial charge in [-0.1, -0.05) is 18.2 Å². The van der Waals surface area contributed by atoms with Crippen LogP contribution in [-0.4, -0.2) is 23.8 Å². The largest absolute Gasteiger partial charge is 0.489 e. The molecule has 0 amide bonds. The Kier molecular flexibility index (Phi) is 7.29. The van der Waals surface area contributed by atoms with Crippen molar-refractivity contribution >= 4 is 28.7 Å². The van der Waals surface area contributed by atoms with Crippen molar-refractivity contribution in [2.75, 3.05) is 12.0 Å². The fourth-order valence-electron chi connectivity index (χ4n) is 2.39. The van der Waals surface area contributed by atoms with Crippen molar-refractivity contribution in [3.8, 4) is 5.75 Å². The number of hydrogen-bond acceptors (Lipinski definition) is 7. The summed E-state index contributed by atoms with van der Waals surface area (Å²) in [6.45, 7) is 2.29. The highest BCUT2D eigenvalue weighted by Gasteiger charge is 2.08. The first kappa shape index (κ1) is 20.5. The summed E-state index contributed by atoms with van der Waals surface area (Å²) in [6, 6.07) is 13.8. The fraction of sp³-hybridized carbons (Fsp3) is 0.190. The lowest BCUT2D eigenvalue weighted by Gasteiger charge is -2.07. The van der Waals surface area contributed by atoms with Crippen LogP contribution in [0.5, 0.6) is 5.75 Å². The molecule has 0 saturated heterocycles. The first-order valence-corrected chi connectivity index (χ1v) is 9.87. The predicted molar refractivity (Wildman–Crippen MR) is 111 cm³/mol. The van der Waals surface area contributed by atoms with Crippen molar-refractivity contribution in [1.29, 1.82) is 0 Å². The minimum absolute atomic E-state index is 0.143. The number of hydrazone groups is 1. The van der Waals surface area contributed by atoms with E-state index in [0.29, 0.717) is 28.7 Å². The number of nitrogens with one attached hydrogen (secondary N) is 1. The van der Waals surface area contributed by atoms with Gasteiger partial charge in [-0.2, -0.15) is 5.10 Å². The Balaban J connectivity index is 1.48. The van der Waals surface area contributed by atoms with Crippen LogP contribution in [0.15, 0.2) is 59.0 Å². The molecule has 6 nitrogen and oxygen atoms in total. The molecule has 0 fully saturated rings. The lowest BCUT2D eigenvalue weighted by molar-refractivity contribution is -0.142. The summed E-state index contributed by atoms with van der Waals surface area (Å²) < 4.78 is 24.1. The number of carbonyl (C=O) groups excluding carboxylic acids is 1. The van der Waals surface area contributed by atoms with Crippen LogP contribution in [-0.2, 0) is 22.6 Å². The maximum atomic E-state index is 13.6. The standard InChI is InChI=1S/C21H20FN3O3S/c1-2-27-20(26)11-17-14-29-21(24-17)25-23-12-15-7-9-18(10-8-15)28-13-16-5-3-4-6-19(16)22/h3-10,12,14H,2,11,13H2,1H3,(H,24,25). The third-order valence-corrected chi connectivity index (χ3v) is 4.58. The molecule has 1 aromatic heterocycles. The molecule has 1 N–H and O–H groups in total. The van der Waals surface area contributed by atoms with Gasteiger partial charge in [0.2, 0.25) is 5.13 Å². The number of anilines is 1. The van der Waals surface area contributed by atoms with Gasteiger partial charge < -0.3 is 9.47 Å². The SMILES string of the molecule is CCOC(=O)Cc1csc(NN=Cc2ccc(OCc3ccccc3F)cc2)n1. The number of thiazole rings is 1. The Morgan fingerprint density at radius 2 is 2.03 bits per heavy atom. The number of halogens is 1. The van der Waals surface area contributed by atoms with E-state index in [4.69, 9.17) is 9.47 Å². The van der Waals surface area contributed by atoms with E-state index in [-0.39, 0.29) is 24.8 Å². The first-order valence-electron chi connectivity index (χ1n) is 8.99. The number of aromatic nitrogens is 1. The number of hydrogen-bond donors (Lipinski definition) is 1. The van der Waals surface area contributed by atoms with E-state index in [2.05, 4.69) is 15.5 Å². The molecule has 1 heterocycles. The van der Waals surface area contributed by atoms with Crippen LogP contribution in [0.1, 0.15) is 23.7 Å². The first-order chi connectivity index (χ1) is 14.1. The van der Waals surface area contributed by atoms with Gasteiger partial charge in [0.05, 0.1) is 24.9 Å². The van der Waals surface area contributed by atoms with E-state index in [1.54, 1.807) is 48.9 Å². The van der Waals surface area contributed by atoms with Gasteiger partial charge in [0.15, 0.2) is 0 Å². The molecular formula is C21H20FN3O3S. The normalized spacial score (nSPS) is 10.8. The van der Waals surface area contributed by atoms with Gasteiger partial charge in [0.25, 0.3) is 0 Å². The molecule has 0 radical (unpaired) electrons. The smallest absolute Gasteiger partial charge is 0.311 e. The van der Waals surface area contributed by atoms with Crippen molar-refractivity contribution < 1.29 is 18.7 Å². The molecule has 2 aromatic carbocycles. The molecule has 0 bridgehead atoms. The van der Waals surface area contributed by atoms with Gasteiger partial charge >= 0.3 is 5.97 Å². The van der Waals surface area contributed by atoms with Crippen molar-refractivity contribution in [2.24, 2.45) is 5.10 Å².